The molecule has 0 atom stereocenters. The standard InChI is InChI=1S/C15H13BrClNO/c1-9-4-3-5-13(17)14(9)18-15(19)11-6-7-12(16)10(2)8-11/h3-8H,1-2H3,(H,18,19). The fourth-order valence-electron chi connectivity index (χ4n) is 1.76. The van der Waals surface area contributed by atoms with Gasteiger partial charge in [0.25, 0.3) is 5.91 Å². The fraction of sp³-hybridized carbons (Fsp3) is 0.133. The Morgan fingerprint density at radius 2 is 1.89 bits per heavy atom. The lowest BCUT2D eigenvalue weighted by atomic mass is 10.1. The molecule has 0 aliphatic rings. The van der Waals surface area contributed by atoms with Gasteiger partial charge in [-0.2, -0.15) is 0 Å². The summed E-state index contributed by atoms with van der Waals surface area (Å²) in [6, 6.07) is 11.0. The molecule has 0 heterocycles. The van der Waals surface area contributed by atoms with Gasteiger partial charge in [-0.3, -0.25) is 4.79 Å². The number of rotatable bonds is 2. The van der Waals surface area contributed by atoms with E-state index < -0.39 is 0 Å². The van der Waals surface area contributed by atoms with Crippen LogP contribution in [0.15, 0.2) is 40.9 Å². The van der Waals surface area contributed by atoms with Crippen molar-refractivity contribution >= 4 is 39.1 Å². The molecule has 0 aliphatic carbocycles. The highest BCUT2D eigenvalue weighted by Crippen LogP contribution is 2.26. The molecule has 4 heteroatoms. The molecule has 1 amide bonds. The molecule has 0 radical (unpaired) electrons. The maximum Gasteiger partial charge on any atom is 0.255 e. The number of nitrogens with one attached hydrogen (secondary N) is 1. The van der Waals surface area contributed by atoms with Gasteiger partial charge in [0.15, 0.2) is 0 Å². The van der Waals surface area contributed by atoms with E-state index in [0.717, 1.165) is 15.6 Å². The van der Waals surface area contributed by atoms with Crippen LogP contribution in [0.2, 0.25) is 5.02 Å². The van der Waals surface area contributed by atoms with Crippen LogP contribution in [0, 0.1) is 13.8 Å². The minimum absolute atomic E-state index is 0.160. The van der Waals surface area contributed by atoms with Crippen molar-refractivity contribution in [3.05, 3.63) is 62.6 Å². The van der Waals surface area contributed by atoms with Crippen LogP contribution in [0.1, 0.15) is 21.5 Å². The Morgan fingerprint density at radius 1 is 1.16 bits per heavy atom. The highest BCUT2D eigenvalue weighted by molar-refractivity contribution is 9.10. The van der Waals surface area contributed by atoms with E-state index in [1.165, 1.54) is 0 Å². The van der Waals surface area contributed by atoms with Crippen LogP contribution in [0.3, 0.4) is 0 Å². The van der Waals surface area contributed by atoms with Crippen molar-refractivity contribution < 1.29 is 4.79 Å². The van der Waals surface area contributed by atoms with Crippen molar-refractivity contribution in [2.75, 3.05) is 5.32 Å². The predicted molar refractivity (Wildman–Crippen MR) is 83.0 cm³/mol. The van der Waals surface area contributed by atoms with Crippen molar-refractivity contribution in [2.24, 2.45) is 0 Å². The van der Waals surface area contributed by atoms with Gasteiger partial charge in [-0.05, 0) is 49.2 Å². The van der Waals surface area contributed by atoms with Crippen LogP contribution >= 0.6 is 27.5 Å². The summed E-state index contributed by atoms with van der Waals surface area (Å²) in [5, 5.41) is 3.40. The summed E-state index contributed by atoms with van der Waals surface area (Å²) < 4.78 is 0.984. The van der Waals surface area contributed by atoms with E-state index in [4.69, 9.17) is 11.6 Å². The van der Waals surface area contributed by atoms with Crippen molar-refractivity contribution in [3.8, 4) is 0 Å². The number of benzene rings is 2. The summed E-state index contributed by atoms with van der Waals surface area (Å²) in [6.07, 6.45) is 0. The van der Waals surface area contributed by atoms with Gasteiger partial charge in [-0.25, -0.2) is 0 Å². The molecule has 2 nitrogen and oxygen atoms in total. The second-order valence-electron chi connectivity index (χ2n) is 4.35. The maximum atomic E-state index is 12.2. The minimum atomic E-state index is -0.160. The molecule has 0 aromatic heterocycles. The van der Waals surface area contributed by atoms with Gasteiger partial charge >= 0.3 is 0 Å². The molecular weight excluding hydrogens is 326 g/mol. The first kappa shape index (κ1) is 14.1. The second-order valence-corrected chi connectivity index (χ2v) is 5.61. The first-order chi connectivity index (χ1) is 8.99. The molecule has 98 valence electrons. The lowest BCUT2D eigenvalue weighted by Crippen LogP contribution is -2.13. The molecule has 19 heavy (non-hydrogen) atoms. The van der Waals surface area contributed by atoms with Gasteiger partial charge in [0.1, 0.15) is 0 Å². The summed E-state index contributed by atoms with van der Waals surface area (Å²) in [6.45, 7) is 3.86. The summed E-state index contributed by atoms with van der Waals surface area (Å²) >= 11 is 9.51. The van der Waals surface area contributed by atoms with Crippen molar-refractivity contribution in [3.63, 3.8) is 0 Å². The zero-order chi connectivity index (χ0) is 14.0. The first-order valence-electron chi connectivity index (χ1n) is 5.81. The van der Waals surface area contributed by atoms with E-state index in [9.17, 15) is 4.79 Å². The van der Waals surface area contributed by atoms with Crippen LogP contribution in [-0.2, 0) is 0 Å². The number of amides is 1. The molecular formula is C15H13BrClNO. The molecule has 2 aromatic carbocycles. The number of para-hydroxylation sites is 1. The van der Waals surface area contributed by atoms with Gasteiger partial charge < -0.3 is 5.32 Å². The molecule has 0 saturated heterocycles. The topological polar surface area (TPSA) is 29.1 Å². The van der Waals surface area contributed by atoms with Gasteiger partial charge in [-0.1, -0.05) is 39.7 Å². The third kappa shape index (κ3) is 3.17. The average molecular weight is 339 g/mol. The number of hydrogen-bond acceptors (Lipinski definition) is 1. The SMILES string of the molecule is Cc1cc(C(=O)Nc2c(C)cccc2Cl)ccc1Br. The first-order valence-corrected chi connectivity index (χ1v) is 6.99. The Balaban J connectivity index is 2.28. The fourth-order valence-corrected chi connectivity index (χ4v) is 2.28. The van der Waals surface area contributed by atoms with Gasteiger partial charge in [0, 0.05) is 10.0 Å². The predicted octanol–water partition coefficient (Wildman–Crippen LogP) is 4.97. The van der Waals surface area contributed by atoms with E-state index in [-0.39, 0.29) is 5.91 Å². The summed E-state index contributed by atoms with van der Waals surface area (Å²) in [5.41, 5.74) is 3.23. The van der Waals surface area contributed by atoms with Gasteiger partial charge in [0.2, 0.25) is 0 Å². The number of anilines is 1. The molecule has 0 unspecified atom stereocenters. The Kier molecular flexibility index (Phi) is 4.27. The van der Waals surface area contributed by atoms with E-state index in [1.807, 2.05) is 38.1 Å². The largest absolute Gasteiger partial charge is 0.320 e. The molecule has 0 saturated carbocycles. The van der Waals surface area contributed by atoms with Crippen LogP contribution in [0.5, 0.6) is 0 Å². The summed E-state index contributed by atoms with van der Waals surface area (Å²) in [4.78, 5) is 12.2. The van der Waals surface area contributed by atoms with E-state index in [1.54, 1.807) is 12.1 Å². The third-order valence-electron chi connectivity index (χ3n) is 2.88. The molecule has 0 aliphatic heterocycles. The lowest BCUT2D eigenvalue weighted by molar-refractivity contribution is 0.102. The average Bonchev–Trinajstić information content (AvgIpc) is 2.37. The van der Waals surface area contributed by atoms with Gasteiger partial charge in [-0.15, -0.1) is 0 Å². The lowest BCUT2D eigenvalue weighted by Gasteiger charge is -2.11. The number of carbonyl (C=O) groups excluding carboxylic acids is 1. The van der Waals surface area contributed by atoms with Crippen molar-refractivity contribution in [1.29, 1.82) is 0 Å². The zero-order valence-electron chi connectivity index (χ0n) is 10.6. The zero-order valence-corrected chi connectivity index (χ0v) is 13.0. The summed E-state index contributed by atoms with van der Waals surface area (Å²) in [5.74, 6) is -0.160. The molecule has 2 aromatic rings. The van der Waals surface area contributed by atoms with Crippen LogP contribution in [0.4, 0.5) is 5.69 Å². The van der Waals surface area contributed by atoms with E-state index in [2.05, 4.69) is 21.2 Å². The van der Waals surface area contributed by atoms with E-state index in [0.29, 0.717) is 16.3 Å². The smallest absolute Gasteiger partial charge is 0.255 e. The Bertz CT molecular complexity index is 620. The van der Waals surface area contributed by atoms with Crippen LogP contribution in [0.25, 0.3) is 0 Å². The maximum absolute atomic E-state index is 12.2. The van der Waals surface area contributed by atoms with E-state index >= 15 is 0 Å². The van der Waals surface area contributed by atoms with Gasteiger partial charge in [0.05, 0.1) is 10.7 Å². The molecule has 1 N–H and O–H groups in total. The van der Waals surface area contributed by atoms with Crippen LogP contribution in [-0.4, -0.2) is 5.91 Å². The molecule has 2 rings (SSSR count). The van der Waals surface area contributed by atoms with Crippen molar-refractivity contribution in [2.45, 2.75) is 13.8 Å². The number of halogens is 2. The normalized spacial score (nSPS) is 10.3. The van der Waals surface area contributed by atoms with Crippen molar-refractivity contribution in [1.82, 2.24) is 0 Å². The highest BCUT2D eigenvalue weighted by Gasteiger charge is 2.11. The number of aryl methyl sites for hydroxylation is 2. The second kappa shape index (κ2) is 5.76. The number of hydrogen-bond donors (Lipinski definition) is 1. The number of carbonyl (C=O) groups is 1. The Morgan fingerprint density at radius 3 is 2.53 bits per heavy atom. The summed E-state index contributed by atoms with van der Waals surface area (Å²) in [7, 11) is 0. The quantitative estimate of drug-likeness (QED) is 0.823. The highest BCUT2D eigenvalue weighted by atomic mass is 79.9. The van der Waals surface area contributed by atoms with Crippen LogP contribution < -0.4 is 5.32 Å². The monoisotopic (exact) mass is 337 g/mol. The Labute approximate surface area is 125 Å². The molecule has 0 spiro atoms. The molecule has 0 fully saturated rings. The third-order valence-corrected chi connectivity index (χ3v) is 4.09. The Hall–Kier alpha value is -1.32. The minimum Gasteiger partial charge on any atom is -0.320 e. The molecule has 0 bridgehead atoms.